The molecule has 0 aliphatic carbocycles. The number of alkyl carbamates (subject to hydrolysis) is 1. The number of likely N-dealkylation sites (N-methyl/N-ethyl adjacent to an activating group) is 1. The van der Waals surface area contributed by atoms with E-state index in [1.165, 1.54) is 5.01 Å². The first-order chi connectivity index (χ1) is 8.63. The first-order valence-electron chi connectivity index (χ1n) is 5.52. The van der Waals surface area contributed by atoms with E-state index in [0.29, 0.717) is 0 Å². The van der Waals surface area contributed by atoms with Crippen LogP contribution in [0, 0.1) is 0 Å². The van der Waals surface area contributed by atoms with Gasteiger partial charge in [-0.3, -0.25) is 9.80 Å². The van der Waals surface area contributed by atoms with E-state index in [2.05, 4.69) is 10.7 Å². The number of carbonyl (C=O) groups excluding carboxylic acids is 2. The zero-order chi connectivity index (χ0) is 13.4. The molecule has 98 valence electrons. The highest BCUT2D eigenvalue weighted by atomic mass is 16.5. The SMILES string of the molecule is CNN(C)C(=O)CNC(=O)OCc1ccccc1. The molecule has 6 nitrogen and oxygen atoms in total. The van der Waals surface area contributed by atoms with Crippen LogP contribution in [0.5, 0.6) is 0 Å². The van der Waals surface area contributed by atoms with E-state index in [9.17, 15) is 9.59 Å². The van der Waals surface area contributed by atoms with Gasteiger partial charge < -0.3 is 10.1 Å². The van der Waals surface area contributed by atoms with Gasteiger partial charge in [-0.1, -0.05) is 30.3 Å². The topological polar surface area (TPSA) is 70.7 Å². The fraction of sp³-hybridized carbons (Fsp3) is 0.333. The Morgan fingerprint density at radius 1 is 1.28 bits per heavy atom. The summed E-state index contributed by atoms with van der Waals surface area (Å²) in [5.74, 6) is -0.255. The van der Waals surface area contributed by atoms with Gasteiger partial charge >= 0.3 is 6.09 Å². The van der Waals surface area contributed by atoms with Crippen LogP contribution in [0.15, 0.2) is 30.3 Å². The lowest BCUT2D eigenvalue weighted by Crippen LogP contribution is -2.43. The van der Waals surface area contributed by atoms with Gasteiger partial charge in [-0.05, 0) is 5.56 Å². The molecule has 0 heterocycles. The number of nitrogens with one attached hydrogen (secondary N) is 2. The van der Waals surface area contributed by atoms with Crippen LogP contribution in [0.2, 0.25) is 0 Å². The maximum atomic E-state index is 11.3. The molecule has 0 saturated carbocycles. The van der Waals surface area contributed by atoms with Crippen LogP contribution in [0.4, 0.5) is 4.79 Å². The number of hydrogen-bond acceptors (Lipinski definition) is 4. The summed E-state index contributed by atoms with van der Waals surface area (Å²) < 4.78 is 4.95. The van der Waals surface area contributed by atoms with E-state index < -0.39 is 6.09 Å². The zero-order valence-electron chi connectivity index (χ0n) is 10.5. The van der Waals surface area contributed by atoms with Gasteiger partial charge in [-0.25, -0.2) is 10.2 Å². The molecule has 2 amide bonds. The van der Waals surface area contributed by atoms with Gasteiger partial charge in [0.15, 0.2) is 0 Å². The first kappa shape index (κ1) is 14.0. The highest BCUT2D eigenvalue weighted by molar-refractivity contribution is 5.81. The molecule has 0 bridgehead atoms. The van der Waals surface area contributed by atoms with Crippen LogP contribution < -0.4 is 10.7 Å². The first-order valence-corrected chi connectivity index (χ1v) is 5.52. The number of rotatable bonds is 5. The smallest absolute Gasteiger partial charge is 0.407 e. The Kier molecular flexibility index (Phi) is 5.66. The molecule has 0 aromatic heterocycles. The van der Waals surface area contributed by atoms with Gasteiger partial charge in [0, 0.05) is 14.1 Å². The Morgan fingerprint density at radius 3 is 2.56 bits per heavy atom. The van der Waals surface area contributed by atoms with Crippen LogP contribution in [0.1, 0.15) is 5.56 Å². The molecule has 18 heavy (non-hydrogen) atoms. The van der Waals surface area contributed by atoms with Gasteiger partial charge in [0.2, 0.25) is 0 Å². The normalized spacial score (nSPS) is 9.67. The Morgan fingerprint density at radius 2 is 1.94 bits per heavy atom. The highest BCUT2D eigenvalue weighted by Crippen LogP contribution is 2.00. The number of carbonyl (C=O) groups is 2. The van der Waals surface area contributed by atoms with Crippen LogP contribution in [0.25, 0.3) is 0 Å². The molecular weight excluding hydrogens is 234 g/mol. The van der Waals surface area contributed by atoms with Gasteiger partial charge in [0.1, 0.15) is 13.2 Å². The predicted octanol–water partition coefficient (Wildman–Crippen LogP) is 0.506. The minimum atomic E-state index is -0.614. The number of benzene rings is 1. The number of hydrazine groups is 1. The number of amides is 2. The monoisotopic (exact) mass is 251 g/mol. The Labute approximate surface area is 106 Å². The summed E-state index contributed by atoms with van der Waals surface area (Å²) in [6.45, 7) is 0.0771. The summed E-state index contributed by atoms with van der Waals surface area (Å²) >= 11 is 0. The molecule has 0 aliphatic rings. The van der Waals surface area contributed by atoms with Crippen LogP contribution in [-0.4, -0.2) is 37.6 Å². The molecule has 0 atom stereocenters. The van der Waals surface area contributed by atoms with Gasteiger partial charge in [-0.2, -0.15) is 0 Å². The summed E-state index contributed by atoms with van der Waals surface area (Å²) in [6.07, 6.45) is -0.614. The second-order valence-corrected chi connectivity index (χ2v) is 3.59. The van der Waals surface area contributed by atoms with Gasteiger partial charge in [0.05, 0.1) is 0 Å². The lowest BCUT2D eigenvalue weighted by Gasteiger charge is -2.15. The van der Waals surface area contributed by atoms with E-state index in [0.717, 1.165) is 5.56 Å². The van der Waals surface area contributed by atoms with E-state index in [4.69, 9.17) is 4.74 Å². The average molecular weight is 251 g/mol. The molecule has 0 fully saturated rings. The molecule has 6 heteroatoms. The highest BCUT2D eigenvalue weighted by Gasteiger charge is 2.09. The Balaban J connectivity index is 2.24. The van der Waals surface area contributed by atoms with Crippen LogP contribution >= 0.6 is 0 Å². The maximum absolute atomic E-state index is 11.3. The van der Waals surface area contributed by atoms with E-state index in [-0.39, 0.29) is 19.1 Å². The minimum absolute atomic E-state index is 0.106. The van der Waals surface area contributed by atoms with E-state index >= 15 is 0 Å². The molecule has 0 saturated heterocycles. The van der Waals surface area contributed by atoms with Crippen molar-refractivity contribution in [3.05, 3.63) is 35.9 Å². The third kappa shape index (κ3) is 4.84. The van der Waals surface area contributed by atoms with Gasteiger partial charge in [-0.15, -0.1) is 0 Å². The van der Waals surface area contributed by atoms with Gasteiger partial charge in [0.25, 0.3) is 5.91 Å². The summed E-state index contributed by atoms with van der Waals surface area (Å²) in [5, 5.41) is 3.65. The van der Waals surface area contributed by atoms with Crippen LogP contribution in [-0.2, 0) is 16.1 Å². The maximum Gasteiger partial charge on any atom is 0.407 e. The lowest BCUT2D eigenvalue weighted by atomic mass is 10.2. The molecule has 0 radical (unpaired) electrons. The summed E-state index contributed by atoms with van der Waals surface area (Å²) in [5.41, 5.74) is 3.53. The van der Waals surface area contributed by atoms with Crippen molar-refractivity contribution in [2.75, 3.05) is 20.6 Å². The van der Waals surface area contributed by atoms with Crippen molar-refractivity contribution in [1.29, 1.82) is 0 Å². The second kappa shape index (κ2) is 7.29. The third-order valence-electron chi connectivity index (χ3n) is 2.31. The third-order valence-corrected chi connectivity index (χ3v) is 2.31. The number of hydrogen-bond donors (Lipinski definition) is 2. The molecule has 1 aromatic carbocycles. The van der Waals surface area contributed by atoms with E-state index in [1.807, 2.05) is 30.3 Å². The lowest BCUT2D eigenvalue weighted by molar-refractivity contribution is -0.131. The van der Waals surface area contributed by atoms with Crippen LogP contribution in [0.3, 0.4) is 0 Å². The second-order valence-electron chi connectivity index (χ2n) is 3.59. The molecule has 0 spiro atoms. The Bertz CT molecular complexity index is 395. The number of ether oxygens (including phenoxy) is 1. The zero-order valence-corrected chi connectivity index (χ0v) is 10.5. The minimum Gasteiger partial charge on any atom is -0.445 e. The summed E-state index contributed by atoms with van der Waals surface area (Å²) in [7, 11) is 3.19. The van der Waals surface area contributed by atoms with Crippen molar-refractivity contribution in [2.45, 2.75) is 6.61 Å². The molecule has 1 aromatic rings. The molecule has 2 N–H and O–H groups in total. The Hall–Kier alpha value is -2.08. The standard InChI is InChI=1S/C12H17N3O3/c1-13-15(2)11(16)8-14-12(17)18-9-10-6-4-3-5-7-10/h3-7,13H,8-9H2,1-2H3,(H,14,17). The number of nitrogens with zero attached hydrogens (tertiary/aromatic N) is 1. The quantitative estimate of drug-likeness (QED) is 0.748. The molecule has 0 unspecified atom stereocenters. The largest absolute Gasteiger partial charge is 0.445 e. The van der Waals surface area contributed by atoms with Crippen molar-refractivity contribution in [3.8, 4) is 0 Å². The summed E-state index contributed by atoms with van der Waals surface area (Å²) in [4.78, 5) is 22.7. The fourth-order valence-electron chi connectivity index (χ4n) is 1.17. The molecular formula is C12H17N3O3. The van der Waals surface area contributed by atoms with Crippen molar-refractivity contribution in [1.82, 2.24) is 15.8 Å². The fourth-order valence-corrected chi connectivity index (χ4v) is 1.17. The molecule has 0 aliphatic heterocycles. The molecule has 1 rings (SSSR count). The predicted molar refractivity (Wildman–Crippen MR) is 66.5 cm³/mol. The van der Waals surface area contributed by atoms with E-state index in [1.54, 1.807) is 14.1 Å². The van der Waals surface area contributed by atoms with Crippen molar-refractivity contribution in [2.24, 2.45) is 0 Å². The average Bonchev–Trinajstić information content (AvgIpc) is 2.42. The van der Waals surface area contributed by atoms with Crippen molar-refractivity contribution >= 4 is 12.0 Å². The summed E-state index contributed by atoms with van der Waals surface area (Å²) in [6, 6.07) is 9.32. The van der Waals surface area contributed by atoms with Crippen molar-refractivity contribution < 1.29 is 14.3 Å². The van der Waals surface area contributed by atoms with Crippen molar-refractivity contribution in [3.63, 3.8) is 0 Å².